The number of carbonyl (C=O) groups is 1. The predicted octanol–water partition coefficient (Wildman–Crippen LogP) is 0.568. The molecule has 1 amide bonds. The van der Waals surface area contributed by atoms with Crippen LogP contribution in [-0.4, -0.2) is 75.2 Å². The Balaban J connectivity index is 1.71. The van der Waals surface area contributed by atoms with E-state index in [0.717, 1.165) is 32.6 Å². The van der Waals surface area contributed by atoms with E-state index in [4.69, 9.17) is 0 Å². The van der Waals surface area contributed by atoms with Crippen molar-refractivity contribution >= 4 is 21.6 Å². The maximum atomic E-state index is 12.9. The summed E-state index contributed by atoms with van der Waals surface area (Å²) in [4.78, 5) is 17.2. The minimum Gasteiger partial charge on any atom is -0.337 e. The van der Waals surface area contributed by atoms with Crippen molar-refractivity contribution < 1.29 is 13.2 Å². The van der Waals surface area contributed by atoms with Gasteiger partial charge < -0.3 is 10.2 Å². The number of nitrogens with zero attached hydrogens (tertiary/aromatic N) is 2. The molecule has 2 N–H and O–H groups in total. The summed E-state index contributed by atoms with van der Waals surface area (Å²) in [6, 6.07) is 7.22. The molecule has 0 spiro atoms. The zero-order valence-corrected chi connectivity index (χ0v) is 15.4. The number of benzene rings is 1. The van der Waals surface area contributed by atoms with Gasteiger partial charge in [-0.15, -0.1) is 0 Å². The van der Waals surface area contributed by atoms with E-state index in [1.54, 1.807) is 31.2 Å². The normalized spacial score (nSPS) is 22.1. The molecule has 7 nitrogen and oxygen atoms in total. The van der Waals surface area contributed by atoms with Gasteiger partial charge in [0.1, 0.15) is 0 Å². The number of piperazine rings is 1. The molecule has 1 aromatic carbocycles. The summed E-state index contributed by atoms with van der Waals surface area (Å²) in [5, 5.41) is 3.35. The summed E-state index contributed by atoms with van der Waals surface area (Å²) in [7, 11) is -3.42. The van der Waals surface area contributed by atoms with Crippen molar-refractivity contribution in [2.24, 2.45) is 0 Å². The van der Waals surface area contributed by atoms with Gasteiger partial charge in [0.25, 0.3) is 5.91 Å². The first kappa shape index (κ1) is 18.2. The largest absolute Gasteiger partial charge is 0.337 e. The average molecular weight is 366 g/mol. The number of anilines is 1. The van der Waals surface area contributed by atoms with Gasteiger partial charge in [-0.2, -0.15) is 0 Å². The zero-order chi connectivity index (χ0) is 17.9. The van der Waals surface area contributed by atoms with Crippen LogP contribution in [-0.2, 0) is 10.0 Å². The number of nitrogens with one attached hydrogen (secondary N) is 2. The lowest BCUT2D eigenvalue weighted by Gasteiger charge is -2.32. The van der Waals surface area contributed by atoms with Gasteiger partial charge in [0, 0.05) is 45.3 Å². The second kappa shape index (κ2) is 7.72. The van der Waals surface area contributed by atoms with Crippen molar-refractivity contribution in [2.45, 2.75) is 19.4 Å². The standard InChI is InChI=1S/C17H26N4O3S/c1-2-25(23,24)19-16-6-4-3-5-15(16)17(22)21-10-7-14(13-21)20-11-8-18-9-12-20/h3-6,14,18-19H,2,7-13H2,1H3. The van der Waals surface area contributed by atoms with E-state index in [2.05, 4.69) is 14.9 Å². The molecule has 2 fully saturated rings. The highest BCUT2D eigenvalue weighted by atomic mass is 32.2. The molecule has 2 heterocycles. The summed E-state index contributed by atoms with van der Waals surface area (Å²) in [6.07, 6.45) is 0.967. The Morgan fingerprint density at radius 1 is 1.24 bits per heavy atom. The average Bonchev–Trinajstić information content (AvgIpc) is 3.12. The van der Waals surface area contributed by atoms with Crippen LogP contribution < -0.4 is 10.0 Å². The number of amides is 1. The molecule has 0 saturated carbocycles. The van der Waals surface area contributed by atoms with E-state index >= 15 is 0 Å². The number of para-hydroxylation sites is 1. The molecule has 138 valence electrons. The van der Waals surface area contributed by atoms with Gasteiger partial charge in [0.2, 0.25) is 10.0 Å². The third-order valence-corrected chi connectivity index (χ3v) is 6.21. The minimum atomic E-state index is -3.42. The molecule has 0 aliphatic carbocycles. The first-order valence-corrected chi connectivity index (χ1v) is 10.5. The van der Waals surface area contributed by atoms with E-state index in [0.29, 0.717) is 30.4 Å². The number of carbonyl (C=O) groups excluding carboxylic acids is 1. The molecule has 0 radical (unpaired) electrons. The van der Waals surface area contributed by atoms with Crippen LogP contribution in [0.2, 0.25) is 0 Å². The third-order valence-electron chi connectivity index (χ3n) is 4.92. The number of hydrogen-bond donors (Lipinski definition) is 2. The van der Waals surface area contributed by atoms with Crippen LogP contribution in [0.3, 0.4) is 0 Å². The van der Waals surface area contributed by atoms with Gasteiger partial charge in [0.05, 0.1) is 17.0 Å². The summed E-state index contributed by atoms with van der Waals surface area (Å²) in [5.41, 5.74) is 0.778. The molecule has 1 atom stereocenters. The maximum absolute atomic E-state index is 12.9. The van der Waals surface area contributed by atoms with Crippen LogP contribution in [0.1, 0.15) is 23.7 Å². The monoisotopic (exact) mass is 366 g/mol. The Hall–Kier alpha value is -1.64. The van der Waals surface area contributed by atoms with Crippen LogP contribution in [0.5, 0.6) is 0 Å². The Morgan fingerprint density at radius 3 is 2.68 bits per heavy atom. The van der Waals surface area contributed by atoms with E-state index in [1.165, 1.54) is 0 Å². The fourth-order valence-corrected chi connectivity index (χ4v) is 4.10. The van der Waals surface area contributed by atoms with Crippen LogP contribution in [0, 0.1) is 0 Å². The highest BCUT2D eigenvalue weighted by Gasteiger charge is 2.32. The van der Waals surface area contributed by atoms with Crippen molar-refractivity contribution in [3.8, 4) is 0 Å². The Kier molecular flexibility index (Phi) is 5.61. The lowest BCUT2D eigenvalue weighted by atomic mass is 10.1. The molecule has 2 aliphatic rings. The lowest BCUT2D eigenvalue weighted by Crippen LogP contribution is -2.49. The number of hydrogen-bond acceptors (Lipinski definition) is 5. The molecule has 8 heteroatoms. The second-order valence-electron chi connectivity index (χ2n) is 6.53. The minimum absolute atomic E-state index is 0.0235. The van der Waals surface area contributed by atoms with Crippen LogP contribution >= 0.6 is 0 Å². The highest BCUT2D eigenvalue weighted by molar-refractivity contribution is 7.92. The predicted molar refractivity (Wildman–Crippen MR) is 98.3 cm³/mol. The quantitative estimate of drug-likeness (QED) is 0.796. The number of sulfonamides is 1. The van der Waals surface area contributed by atoms with Crippen molar-refractivity contribution in [1.29, 1.82) is 0 Å². The van der Waals surface area contributed by atoms with E-state index in [1.807, 2.05) is 4.90 Å². The Bertz CT molecular complexity index is 716. The molecule has 1 aromatic rings. The highest BCUT2D eigenvalue weighted by Crippen LogP contribution is 2.23. The van der Waals surface area contributed by atoms with Crippen LogP contribution in [0.25, 0.3) is 0 Å². The molecular formula is C17H26N4O3S. The third kappa shape index (κ3) is 4.31. The topological polar surface area (TPSA) is 81.8 Å². The van der Waals surface area contributed by atoms with Crippen LogP contribution in [0.15, 0.2) is 24.3 Å². The second-order valence-corrected chi connectivity index (χ2v) is 8.54. The van der Waals surface area contributed by atoms with E-state index in [-0.39, 0.29) is 11.7 Å². The molecule has 0 aromatic heterocycles. The fourth-order valence-electron chi connectivity index (χ4n) is 3.44. The zero-order valence-electron chi connectivity index (χ0n) is 14.6. The molecular weight excluding hydrogens is 340 g/mol. The molecule has 0 bridgehead atoms. The van der Waals surface area contributed by atoms with Gasteiger partial charge in [-0.05, 0) is 25.5 Å². The first-order chi connectivity index (χ1) is 12.0. The van der Waals surface area contributed by atoms with Gasteiger partial charge in [-0.1, -0.05) is 12.1 Å². The van der Waals surface area contributed by atoms with Crippen molar-refractivity contribution in [3.63, 3.8) is 0 Å². The smallest absolute Gasteiger partial charge is 0.256 e. The lowest BCUT2D eigenvalue weighted by molar-refractivity contribution is 0.0774. The molecule has 2 saturated heterocycles. The van der Waals surface area contributed by atoms with Gasteiger partial charge in [-0.25, -0.2) is 8.42 Å². The Morgan fingerprint density at radius 2 is 1.96 bits per heavy atom. The molecule has 1 unspecified atom stereocenters. The van der Waals surface area contributed by atoms with Crippen molar-refractivity contribution in [2.75, 3.05) is 49.7 Å². The van der Waals surface area contributed by atoms with Crippen molar-refractivity contribution in [1.82, 2.24) is 15.1 Å². The summed E-state index contributed by atoms with van der Waals surface area (Å²) >= 11 is 0. The number of rotatable bonds is 5. The van der Waals surface area contributed by atoms with Gasteiger partial charge in [0.15, 0.2) is 0 Å². The first-order valence-electron chi connectivity index (χ1n) is 8.84. The van der Waals surface area contributed by atoms with Gasteiger partial charge in [-0.3, -0.25) is 14.4 Å². The summed E-state index contributed by atoms with van der Waals surface area (Å²) < 4.78 is 26.3. The molecule has 25 heavy (non-hydrogen) atoms. The SMILES string of the molecule is CCS(=O)(=O)Nc1ccccc1C(=O)N1CCC(N2CCNCC2)C1. The molecule has 2 aliphatic heterocycles. The Labute approximate surface area is 149 Å². The van der Waals surface area contributed by atoms with E-state index < -0.39 is 10.0 Å². The molecule has 3 rings (SSSR count). The summed E-state index contributed by atoms with van der Waals surface area (Å²) in [6.45, 7) is 7.00. The van der Waals surface area contributed by atoms with Gasteiger partial charge >= 0.3 is 0 Å². The number of likely N-dealkylation sites (tertiary alicyclic amines) is 1. The fraction of sp³-hybridized carbons (Fsp3) is 0.588. The van der Waals surface area contributed by atoms with E-state index in [9.17, 15) is 13.2 Å². The van der Waals surface area contributed by atoms with Crippen LogP contribution in [0.4, 0.5) is 5.69 Å². The summed E-state index contributed by atoms with van der Waals surface area (Å²) in [5.74, 6) is -0.128. The van der Waals surface area contributed by atoms with Crippen molar-refractivity contribution in [3.05, 3.63) is 29.8 Å². The maximum Gasteiger partial charge on any atom is 0.256 e.